The zero-order valence-corrected chi connectivity index (χ0v) is 27.6. The van der Waals surface area contributed by atoms with Gasteiger partial charge < -0.3 is 14.4 Å². The lowest BCUT2D eigenvalue weighted by molar-refractivity contribution is 0.0983. The fourth-order valence-corrected chi connectivity index (χ4v) is 6.96. The molecule has 0 radical (unpaired) electrons. The van der Waals surface area contributed by atoms with Gasteiger partial charge in [0.1, 0.15) is 5.75 Å². The maximum absolute atomic E-state index is 13.2. The average Bonchev–Trinajstić information content (AvgIpc) is 3.59. The van der Waals surface area contributed by atoms with E-state index in [9.17, 15) is 9.59 Å². The summed E-state index contributed by atoms with van der Waals surface area (Å²) in [5, 5.41) is 16.8. The van der Waals surface area contributed by atoms with Crippen LogP contribution in [0.1, 0.15) is 95.6 Å². The highest BCUT2D eigenvalue weighted by molar-refractivity contribution is 7.95. The van der Waals surface area contributed by atoms with E-state index in [-0.39, 0.29) is 11.9 Å². The van der Waals surface area contributed by atoms with E-state index in [0.29, 0.717) is 29.4 Å². The normalized spacial score (nSPS) is 14.7. The number of carbonyl (C=O) groups is 2. The molecule has 1 fully saturated rings. The number of ether oxygens (including phenoxy) is 1. The number of hydrogen-bond acceptors (Lipinski definition) is 8. The lowest BCUT2D eigenvalue weighted by Crippen LogP contribution is -2.20. The van der Waals surface area contributed by atoms with Gasteiger partial charge in [-0.2, -0.15) is 0 Å². The molecule has 2 aromatic carbocycles. The number of rotatable bonds is 8. The fraction of sp³-hybridized carbons (Fsp3) is 0.412. The van der Waals surface area contributed by atoms with Crippen molar-refractivity contribution in [2.75, 3.05) is 28.3 Å². The molecule has 0 saturated heterocycles. The Morgan fingerprint density at radius 1 is 1.11 bits per heavy atom. The van der Waals surface area contributed by atoms with Gasteiger partial charge >= 0.3 is 0 Å². The molecule has 2 aromatic heterocycles. The SMILES string of the molecule is CO.COc1ccc2c(c1)C=C(c1c(C=O)nnn1C(C)C)Cn1c-2c(C2CCCCC2)c2ccc(C(=O)NSN(C)C)cc21. The van der Waals surface area contributed by atoms with Gasteiger partial charge in [0.05, 0.1) is 25.0 Å². The average molecular weight is 631 g/mol. The second kappa shape index (κ2) is 14.0. The molecule has 1 aliphatic carbocycles. The van der Waals surface area contributed by atoms with Crippen LogP contribution in [0, 0.1) is 0 Å². The molecule has 4 aromatic rings. The predicted octanol–water partition coefficient (Wildman–Crippen LogP) is 6.37. The number of aliphatic hydroxyl groups is 1. The molecule has 45 heavy (non-hydrogen) atoms. The van der Waals surface area contributed by atoms with Crippen LogP contribution >= 0.6 is 12.1 Å². The van der Waals surface area contributed by atoms with Crippen LogP contribution in [0.2, 0.25) is 0 Å². The zero-order chi connectivity index (χ0) is 32.2. The van der Waals surface area contributed by atoms with Gasteiger partial charge in [-0.1, -0.05) is 30.5 Å². The molecule has 0 spiro atoms. The van der Waals surface area contributed by atoms with Gasteiger partial charge in [-0.15, -0.1) is 5.10 Å². The molecule has 2 N–H and O–H groups in total. The van der Waals surface area contributed by atoms with Crippen molar-refractivity contribution in [2.24, 2.45) is 0 Å². The molecular formula is C34H42N6O4S. The number of fused-ring (bicyclic) bond motifs is 5. The number of aldehydes is 1. The molecule has 6 rings (SSSR count). The number of amides is 1. The van der Waals surface area contributed by atoms with Gasteiger partial charge in [0, 0.05) is 52.9 Å². The van der Waals surface area contributed by atoms with Gasteiger partial charge in [-0.05, 0) is 94.2 Å². The number of methoxy groups -OCH3 is 1. The molecule has 0 bridgehead atoms. The van der Waals surface area contributed by atoms with Crippen LogP contribution < -0.4 is 9.46 Å². The van der Waals surface area contributed by atoms with Crippen LogP contribution in [0.4, 0.5) is 0 Å². The molecule has 11 heteroatoms. The number of aromatic nitrogens is 4. The largest absolute Gasteiger partial charge is 0.497 e. The van der Waals surface area contributed by atoms with E-state index >= 15 is 0 Å². The standard InChI is InChI=1S/C33H38N6O3S.CH4O/c1-20(2)39-31(28(19-40)34-36-39)24-15-23-16-25(42-5)12-14-26(23)32-30(21-9-7-6-8-10-21)27-13-11-22(17-29(27)38(32)18-24)33(41)35-43-37(3)4;1-2/h11-17,19-21H,6-10,18H2,1-5H3,(H,35,41);2H,1H3. The molecule has 3 heterocycles. The number of nitrogens with one attached hydrogen (secondary N) is 1. The maximum Gasteiger partial charge on any atom is 0.262 e. The molecule has 238 valence electrons. The van der Waals surface area contributed by atoms with Gasteiger partial charge in [-0.25, -0.2) is 8.99 Å². The number of nitrogens with zero attached hydrogens (tertiary/aromatic N) is 5. The Morgan fingerprint density at radius 3 is 2.53 bits per heavy atom. The monoisotopic (exact) mass is 630 g/mol. The van der Waals surface area contributed by atoms with Gasteiger partial charge in [0.15, 0.2) is 12.0 Å². The van der Waals surface area contributed by atoms with Crippen LogP contribution in [0.15, 0.2) is 36.4 Å². The topological polar surface area (TPSA) is 115 Å². The van der Waals surface area contributed by atoms with Crippen molar-refractivity contribution in [1.82, 2.24) is 28.6 Å². The van der Waals surface area contributed by atoms with E-state index in [1.807, 2.05) is 55.1 Å². The molecule has 1 saturated carbocycles. The summed E-state index contributed by atoms with van der Waals surface area (Å²) in [4.78, 5) is 25.4. The molecule has 10 nitrogen and oxygen atoms in total. The minimum absolute atomic E-state index is 0.00769. The number of carbonyl (C=O) groups excluding carboxylic acids is 2. The van der Waals surface area contributed by atoms with Crippen LogP contribution in [-0.2, 0) is 6.54 Å². The fourth-order valence-electron chi connectivity index (χ4n) is 6.58. The van der Waals surface area contributed by atoms with E-state index in [1.54, 1.807) is 7.11 Å². The number of allylic oxidation sites excluding steroid dienone is 1. The molecule has 0 atom stereocenters. The minimum Gasteiger partial charge on any atom is -0.497 e. The van der Waals surface area contributed by atoms with E-state index in [1.165, 1.54) is 48.0 Å². The molecule has 2 aliphatic rings. The molecular weight excluding hydrogens is 588 g/mol. The number of aliphatic hydroxyl groups excluding tert-OH is 1. The highest BCUT2D eigenvalue weighted by atomic mass is 32.2. The second-order valence-electron chi connectivity index (χ2n) is 11.9. The lowest BCUT2D eigenvalue weighted by Gasteiger charge is -2.24. The summed E-state index contributed by atoms with van der Waals surface area (Å²) in [5.41, 5.74) is 8.20. The van der Waals surface area contributed by atoms with Crippen LogP contribution in [0.3, 0.4) is 0 Å². The van der Waals surface area contributed by atoms with Crippen molar-refractivity contribution in [2.45, 2.75) is 64.5 Å². The summed E-state index contributed by atoms with van der Waals surface area (Å²) in [7, 11) is 6.46. The zero-order valence-electron chi connectivity index (χ0n) is 26.8. The first-order chi connectivity index (χ1) is 21.8. The third kappa shape index (κ3) is 6.29. The summed E-state index contributed by atoms with van der Waals surface area (Å²) in [6.45, 7) is 4.57. The molecule has 1 amide bonds. The van der Waals surface area contributed by atoms with Crippen molar-refractivity contribution in [3.05, 3.63) is 64.5 Å². The molecule has 1 aliphatic heterocycles. The van der Waals surface area contributed by atoms with Crippen molar-refractivity contribution < 1.29 is 19.4 Å². The third-order valence-electron chi connectivity index (χ3n) is 8.50. The first kappa shape index (κ1) is 32.5. The van der Waals surface area contributed by atoms with Crippen molar-refractivity contribution >= 4 is 46.9 Å². The van der Waals surface area contributed by atoms with E-state index in [4.69, 9.17) is 9.84 Å². The van der Waals surface area contributed by atoms with Gasteiger partial charge in [-0.3, -0.25) is 14.3 Å². The Balaban J connectivity index is 0.00000196. The second-order valence-corrected chi connectivity index (χ2v) is 13.0. The summed E-state index contributed by atoms with van der Waals surface area (Å²) >= 11 is 1.26. The summed E-state index contributed by atoms with van der Waals surface area (Å²) < 4.78 is 14.6. The highest BCUT2D eigenvalue weighted by Gasteiger charge is 2.31. The van der Waals surface area contributed by atoms with Gasteiger partial charge in [0.25, 0.3) is 5.91 Å². The van der Waals surface area contributed by atoms with Crippen LogP contribution in [-0.4, -0.2) is 69.5 Å². The van der Waals surface area contributed by atoms with Crippen molar-refractivity contribution in [1.29, 1.82) is 0 Å². The quantitative estimate of drug-likeness (QED) is 0.171. The van der Waals surface area contributed by atoms with Crippen molar-refractivity contribution in [3.8, 4) is 17.0 Å². The number of benzene rings is 2. The third-order valence-corrected chi connectivity index (χ3v) is 9.14. The van der Waals surface area contributed by atoms with E-state index in [2.05, 4.69) is 43.9 Å². The van der Waals surface area contributed by atoms with Crippen LogP contribution in [0.5, 0.6) is 5.75 Å². The Hall–Kier alpha value is -3.93. The predicted molar refractivity (Wildman–Crippen MR) is 180 cm³/mol. The Morgan fingerprint density at radius 2 is 1.87 bits per heavy atom. The Kier molecular flexibility index (Phi) is 10.1. The minimum atomic E-state index is -0.143. The smallest absolute Gasteiger partial charge is 0.262 e. The lowest BCUT2D eigenvalue weighted by atomic mass is 9.81. The highest BCUT2D eigenvalue weighted by Crippen LogP contribution is 2.48. The Bertz CT molecular complexity index is 1730. The van der Waals surface area contributed by atoms with Gasteiger partial charge in [0.2, 0.25) is 0 Å². The van der Waals surface area contributed by atoms with Crippen molar-refractivity contribution in [3.63, 3.8) is 0 Å². The maximum atomic E-state index is 13.2. The molecule has 0 unspecified atom stereocenters. The van der Waals surface area contributed by atoms with E-state index < -0.39 is 0 Å². The summed E-state index contributed by atoms with van der Waals surface area (Å²) in [5.74, 6) is 1.04. The van der Waals surface area contributed by atoms with Crippen LogP contribution in [0.25, 0.3) is 33.8 Å². The first-order valence-corrected chi connectivity index (χ1v) is 16.1. The van der Waals surface area contributed by atoms with E-state index in [0.717, 1.165) is 54.2 Å². The summed E-state index contributed by atoms with van der Waals surface area (Å²) in [6, 6.07) is 12.3. The summed E-state index contributed by atoms with van der Waals surface area (Å²) in [6.07, 6.45) is 8.89. The number of hydrogen-bond donors (Lipinski definition) is 2. The first-order valence-electron chi connectivity index (χ1n) is 15.4. The Labute approximate surface area is 268 Å².